The number of nitrogens with zero attached hydrogens (tertiary/aromatic N) is 4. The molecule has 5 rings (SSSR count). The van der Waals surface area contributed by atoms with E-state index in [9.17, 15) is 0 Å². The zero-order valence-electron chi connectivity index (χ0n) is 19.0. The number of anilines is 2. The summed E-state index contributed by atoms with van der Waals surface area (Å²) in [7, 11) is 2.19. The number of para-hydroxylation sites is 1. The molecule has 2 aliphatic rings. The van der Waals surface area contributed by atoms with E-state index >= 15 is 0 Å². The molecule has 3 heterocycles. The first kappa shape index (κ1) is 21.2. The van der Waals surface area contributed by atoms with Crippen LogP contribution in [0, 0.1) is 0 Å². The fourth-order valence-electron chi connectivity index (χ4n) is 4.60. The lowest BCUT2D eigenvalue weighted by molar-refractivity contribution is 0.0398. The number of morpholine rings is 1. The Morgan fingerprint density at radius 2 is 1.69 bits per heavy atom. The van der Waals surface area contributed by atoms with E-state index < -0.39 is 0 Å². The lowest BCUT2D eigenvalue weighted by Gasteiger charge is -2.33. The number of likely N-dealkylation sites (N-methyl/N-ethyl adjacent to an activating group) is 1. The monoisotopic (exact) mass is 431 g/mol. The maximum Gasteiger partial charge on any atom is 0.131 e. The standard InChI is InChI=1S/C26H33N5O/c1-29-12-14-31(15-13-29)25-20-24(27-10-11-30-16-18-32-19-17-30)23-9-5-8-22(26(23)28-25)21-6-3-2-4-7-21/h2-9,20H,10-19H2,1H3,(H,27,28). The second-order valence-electron chi connectivity index (χ2n) is 8.77. The molecule has 3 aromatic rings. The minimum atomic E-state index is 0.839. The highest BCUT2D eigenvalue weighted by Crippen LogP contribution is 2.34. The quantitative estimate of drug-likeness (QED) is 0.645. The minimum Gasteiger partial charge on any atom is -0.383 e. The number of nitrogens with one attached hydrogen (secondary N) is 1. The van der Waals surface area contributed by atoms with Crippen molar-refractivity contribution in [1.82, 2.24) is 14.8 Å². The molecule has 2 aromatic carbocycles. The Morgan fingerprint density at radius 1 is 0.906 bits per heavy atom. The van der Waals surface area contributed by atoms with Crippen LogP contribution in [0.2, 0.25) is 0 Å². The van der Waals surface area contributed by atoms with Gasteiger partial charge in [-0.3, -0.25) is 4.90 Å². The zero-order chi connectivity index (χ0) is 21.8. The second kappa shape index (κ2) is 9.86. The Balaban J connectivity index is 1.48. The molecule has 2 fully saturated rings. The molecule has 168 valence electrons. The van der Waals surface area contributed by atoms with Crippen LogP contribution >= 0.6 is 0 Å². The molecule has 1 N–H and O–H groups in total. The van der Waals surface area contributed by atoms with E-state index in [2.05, 4.69) is 81.7 Å². The van der Waals surface area contributed by atoms with Crippen molar-refractivity contribution in [3.63, 3.8) is 0 Å². The molecule has 2 aliphatic heterocycles. The Labute approximate surface area is 190 Å². The molecule has 6 nitrogen and oxygen atoms in total. The van der Waals surface area contributed by atoms with E-state index in [-0.39, 0.29) is 0 Å². The van der Waals surface area contributed by atoms with E-state index in [0.717, 1.165) is 76.9 Å². The molecule has 0 amide bonds. The molecule has 0 aliphatic carbocycles. The topological polar surface area (TPSA) is 43.9 Å². The van der Waals surface area contributed by atoms with Gasteiger partial charge in [-0.2, -0.15) is 0 Å². The number of benzene rings is 2. The Hall–Kier alpha value is -2.67. The molecular weight excluding hydrogens is 398 g/mol. The summed E-state index contributed by atoms with van der Waals surface area (Å²) in [4.78, 5) is 12.5. The summed E-state index contributed by atoms with van der Waals surface area (Å²) >= 11 is 0. The second-order valence-corrected chi connectivity index (χ2v) is 8.77. The van der Waals surface area contributed by atoms with E-state index in [0.29, 0.717) is 0 Å². The largest absolute Gasteiger partial charge is 0.383 e. The fraction of sp³-hybridized carbons (Fsp3) is 0.423. The highest BCUT2D eigenvalue weighted by atomic mass is 16.5. The van der Waals surface area contributed by atoms with Gasteiger partial charge in [-0.15, -0.1) is 0 Å². The summed E-state index contributed by atoms with van der Waals surface area (Å²) < 4.78 is 5.49. The number of hydrogen-bond acceptors (Lipinski definition) is 6. The van der Waals surface area contributed by atoms with Gasteiger partial charge in [-0.05, 0) is 12.6 Å². The first-order valence-electron chi connectivity index (χ1n) is 11.7. The molecule has 6 heteroatoms. The predicted molar refractivity (Wildman–Crippen MR) is 133 cm³/mol. The third-order valence-corrected chi connectivity index (χ3v) is 6.59. The fourth-order valence-corrected chi connectivity index (χ4v) is 4.60. The van der Waals surface area contributed by atoms with Crippen LogP contribution in [0.15, 0.2) is 54.6 Å². The lowest BCUT2D eigenvalue weighted by atomic mass is 10.0. The van der Waals surface area contributed by atoms with Gasteiger partial charge in [0.15, 0.2) is 0 Å². The van der Waals surface area contributed by atoms with E-state index in [1.807, 2.05) is 0 Å². The Bertz CT molecular complexity index is 1030. The molecule has 0 unspecified atom stereocenters. The van der Waals surface area contributed by atoms with Crippen LogP contribution < -0.4 is 10.2 Å². The molecule has 0 spiro atoms. The summed E-state index contributed by atoms with van der Waals surface area (Å²) in [6.45, 7) is 9.81. The molecule has 32 heavy (non-hydrogen) atoms. The van der Waals surface area contributed by atoms with Crippen molar-refractivity contribution >= 4 is 22.4 Å². The number of aromatic nitrogens is 1. The van der Waals surface area contributed by atoms with Gasteiger partial charge in [0, 0.05) is 75.1 Å². The van der Waals surface area contributed by atoms with Crippen molar-refractivity contribution in [3.05, 3.63) is 54.6 Å². The average Bonchev–Trinajstić information content (AvgIpc) is 2.85. The Morgan fingerprint density at radius 3 is 2.47 bits per heavy atom. The van der Waals surface area contributed by atoms with E-state index in [1.54, 1.807) is 0 Å². The zero-order valence-corrected chi connectivity index (χ0v) is 19.0. The highest BCUT2D eigenvalue weighted by molar-refractivity contribution is 6.01. The van der Waals surface area contributed by atoms with Crippen molar-refractivity contribution < 1.29 is 4.74 Å². The summed E-state index contributed by atoms with van der Waals surface area (Å²) in [5.74, 6) is 1.07. The van der Waals surface area contributed by atoms with E-state index in [1.165, 1.54) is 22.2 Å². The van der Waals surface area contributed by atoms with Crippen molar-refractivity contribution in [2.75, 3.05) is 82.8 Å². The summed E-state index contributed by atoms with van der Waals surface area (Å²) in [5, 5.41) is 4.93. The summed E-state index contributed by atoms with van der Waals surface area (Å²) in [6, 6.07) is 19.4. The molecule has 0 saturated carbocycles. The maximum atomic E-state index is 5.49. The minimum absolute atomic E-state index is 0.839. The highest BCUT2D eigenvalue weighted by Gasteiger charge is 2.19. The number of rotatable bonds is 6. The van der Waals surface area contributed by atoms with Crippen LogP contribution in [0.3, 0.4) is 0 Å². The molecule has 0 bridgehead atoms. The molecule has 0 radical (unpaired) electrons. The van der Waals surface area contributed by atoms with Gasteiger partial charge in [0.2, 0.25) is 0 Å². The van der Waals surface area contributed by atoms with Crippen molar-refractivity contribution in [1.29, 1.82) is 0 Å². The van der Waals surface area contributed by atoms with Gasteiger partial charge in [0.1, 0.15) is 5.82 Å². The number of hydrogen-bond donors (Lipinski definition) is 1. The summed E-state index contributed by atoms with van der Waals surface area (Å²) in [6.07, 6.45) is 0. The third-order valence-electron chi connectivity index (χ3n) is 6.59. The number of piperazine rings is 1. The number of ether oxygens (including phenoxy) is 1. The van der Waals surface area contributed by atoms with Gasteiger partial charge in [0.25, 0.3) is 0 Å². The first-order valence-corrected chi connectivity index (χ1v) is 11.7. The normalized spacial score (nSPS) is 18.2. The van der Waals surface area contributed by atoms with Crippen molar-refractivity contribution in [3.8, 4) is 11.1 Å². The first-order chi connectivity index (χ1) is 15.8. The van der Waals surface area contributed by atoms with Crippen LogP contribution in [0.5, 0.6) is 0 Å². The van der Waals surface area contributed by atoms with Crippen LogP contribution in [0.1, 0.15) is 0 Å². The SMILES string of the molecule is CN1CCN(c2cc(NCCN3CCOCC3)c3cccc(-c4ccccc4)c3n2)CC1. The smallest absolute Gasteiger partial charge is 0.131 e. The molecule has 0 atom stereocenters. The van der Waals surface area contributed by atoms with E-state index in [4.69, 9.17) is 9.72 Å². The molecular formula is C26H33N5O. The third kappa shape index (κ3) is 4.72. The van der Waals surface area contributed by atoms with Gasteiger partial charge < -0.3 is 19.9 Å². The van der Waals surface area contributed by atoms with Gasteiger partial charge in [-0.1, -0.05) is 48.5 Å². The average molecular weight is 432 g/mol. The van der Waals surface area contributed by atoms with Gasteiger partial charge >= 0.3 is 0 Å². The van der Waals surface area contributed by atoms with Crippen LogP contribution in [-0.4, -0.2) is 87.4 Å². The molecule has 2 saturated heterocycles. The van der Waals surface area contributed by atoms with Crippen LogP contribution in [0.4, 0.5) is 11.5 Å². The predicted octanol–water partition coefficient (Wildman–Crippen LogP) is 3.40. The molecule has 1 aromatic heterocycles. The van der Waals surface area contributed by atoms with Gasteiger partial charge in [0.05, 0.1) is 18.7 Å². The lowest BCUT2D eigenvalue weighted by Crippen LogP contribution is -2.44. The maximum absolute atomic E-state index is 5.49. The number of fused-ring (bicyclic) bond motifs is 1. The van der Waals surface area contributed by atoms with Gasteiger partial charge in [-0.25, -0.2) is 4.98 Å². The van der Waals surface area contributed by atoms with Crippen LogP contribution in [-0.2, 0) is 4.74 Å². The van der Waals surface area contributed by atoms with Crippen LogP contribution in [0.25, 0.3) is 22.0 Å². The summed E-state index contributed by atoms with van der Waals surface area (Å²) in [5.41, 5.74) is 4.65. The number of pyridine rings is 1. The van der Waals surface area contributed by atoms with Crippen molar-refractivity contribution in [2.24, 2.45) is 0 Å². The Kier molecular flexibility index (Phi) is 6.53. The van der Waals surface area contributed by atoms with Crippen molar-refractivity contribution in [2.45, 2.75) is 0 Å².